The minimum atomic E-state index is -0.618. The number of carbonyl (C=O) groups excluding carboxylic acids is 2. The van der Waals surface area contributed by atoms with Crippen LogP contribution in [0.4, 0.5) is 10.1 Å². The van der Waals surface area contributed by atoms with Gasteiger partial charge < -0.3 is 14.5 Å². The van der Waals surface area contributed by atoms with E-state index in [2.05, 4.69) is 15.9 Å². The molecule has 0 spiro atoms. The number of hydrogen-bond donors (Lipinski definition) is 0. The third kappa shape index (κ3) is 4.96. The van der Waals surface area contributed by atoms with Gasteiger partial charge in [0.1, 0.15) is 11.6 Å². The van der Waals surface area contributed by atoms with Crippen molar-refractivity contribution in [2.24, 2.45) is 0 Å². The fraction of sp³-hybridized carbons (Fsp3) is 0.364. The molecule has 1 unspecified atom stereocenters. The standard InChI is InChI=1S/C22H24BrFN2O3/c1-14-4-7-21(18(23)12-14)29-16(3)22(28)26-10-8-25(9-11-26)20-6-5-17(15(2)27)13-19(20)24/h4-7,12-13,16H,8-11H2,1-3H3. The number of benzene rings is 2. The molecule has 5 nitrogen and oxygen atoms in total. The van der Waals surface area contributed by atoms with Crippen molar-refractivity contribution in [2.45, 2.75) is 26.9 Å². The largest absolute Gasteiger partial charge is 0.480 e. The van der Waals surface area contributed by atoms with Crippen LogP contribution in [0.2, 0.25) is 0 Å². The first-order valence-corrected chi connectivity index (χ1v) is 10.3. The van der Waals surface area contributed by atoms with E-state index in [1.54, 1.807) is 24.0 Å². The van der Waals surface area contributed by atoms with Crippen molar-refractivity contribution in [2.75, 3.05) is 31.1 Å². The lowest BCUT2D eigenvalue weighted by Crippen LogP contribution is -2.52. The first-order valence-electron chi connectivity index (χ1n) is 9.53. The smallest absolute Gasteiger partial charge is 0.263 e. The molecule has 7 heteroatoms. The molecule has 0 radical (unpaired) electrons. The summed E-state index contributed by atoms with van der Waals surface area (Å²) in [6.45, 7) is 7.13. The highest BCUT2D eigenvalue weighted by Crippen LogP contribution is 2.27. The number of rotatable bonds is 5. The average molecular weight is 463 g/mol. The molecule has 3 rings (SSSR count). The molecule has 1 fully saturated rings. The molecule has 0 N–H and O–H groups in total. The quantitative estimate of drug-likeness (QED) is 0.624. The molecule has 1 aliphatic heterocycles. The zero-order chi connectivity index (χ0) is 21.1. The van der Waals surface area contributed by atoms with E-state index >= 15 is 0 Å². The first-order chi connectivity index (χ1) is 13.8. The Morgan fingerprint density at radius 3 is 2.38 bits per heavy atom. The van der Waals surface area contributed by atoms with Crippen molar-refractivity contribution in [3.8, 4) is 5.75 Å². The van der Waals surface area contributed by atoms with Gasteiger partial charge >= 0.3 is 0 Å². The van der Waals surface area contributed by atoms with Gasteiger partial charge in [0.05, 0.1) is 10.2 Å². The van der Waals surface area contributed by atoms with Gasteiger partial charge in [-0.15, -0.1) is 0 Å². The maximum Gasteiger partial charge on any atom is 0.263 e. The molecule has 1 atom stereocenters. The second-order valence-electron chi connectivity index (χ2n) is 7.23. The SMILES string of the molecule is CC(=O)c1ccc(N2CCN(C(=O)C(C)Oc3ccc(C)cc3Br)CC2)c(F)c1. The Labute approximate surface area is 178 Å². The molecule has 29 heavy (non-hydrogen) atoms. The van der Waals surface area contributed by atoms with Crippen LogP contribution in [0, 0.1) is 12.7 Å². The molecule has 0 saturated carbocycles. The Hall–Kier alpha value is -2.41. The van der Waals surface area contributed by atoms with Crippen molar-refractivity contribution >= 4 is 33.3 Å². The molecule has 0 aliphatic carbocycles. The number of amides is 1. The number of aryl methyl sites for hydroxylation is 1. The molecule has 154 valence electrons. The summed E-state index contributed by atoms with van der Waals surface area (Å²) in [6.07, 6.45) is -0.618. The van der Waals surface area contributed by atoms with Crippen LogP contribution in [0.1, 0.15) is 29.8 Å². The van der Waals surface area contributed by atoms with Crippen LogP contribution in [-0.4, -0.2) is 48.9 Å². The van der Waals surface area contributed by atoms with E-state index in [0.717, 1.165) is 10.0 Å². The highest BCUT2D eigenvalue weighted by molar-refractivity contribution is 9.10. The summed E-state index contributed by atoms with van der Waals surface area (Å²) in [7, 11) is 0. The minimum absolute atomic E-state index is 0.0930. The minimum Gasteiger partial charge on any atom is -0.480 e. The van der Waals surface area contributed by atoms with E-state index in [4.69, 9.17) is 4.74 Å². The van der Waals surface area contributed by atoms with E-state index in [9.17, 15) is 14.0 Å². The first kappa shape index (κ1) is 21.3. The second-order valence-corrected chi connectivity index (χ2v) is 8.08. The van der Waals surface area contributed by atoms with Crippen LogP contribution in [0.3, 0.4) is 0 Å². The van der Waals surface area contributed by atoms with Crippen molar-refractivity contribution in [1.82, 2.24) is 4.90 Å². The second kappa shape index (κ2) is 8.95. The fourth-order valence-corrected chi connectivity index (χ4v) is 3.94. The van der Waals surface area contributed by atoms with Gasteiger partial charge in [0.25, 0.3) is 5.91 Å². The van der Waals surface area contributed by atoms with Crippen LogP contribution < -0.4 is 9.64 Å². The van der Waals surface area contributed by atoms with Gasteiger partial charge in [-0.1, -0.05) is 6.07 Å². The van der Waals surface area contributed by atoms with Gasteiger partial charge in [-0.2, -0.15) is 0 Å². The molecule has 1 amide bonds. The fourth-order valence-electron chi connectivity index (χ4n) is 3.35. The van der Waals surface area contributed by atoms with Gasteiger partial charge in [-0.05, 0) is 72.6 Å². The van der Waals surface area contributed by atoms with Crippen LogP contribution in [0.5, 0.6) is 5.75 Å². The molecule has 2 aromatic rings. The highest BCUT2D eigenvalue weighted by Gasteiger charge is 2.27. The Morgan fingerprint density at radius 2 is 1.79 bits per heavy atom. The van der Waals surface area contributed by atoms with Crippen molar-refractivity contribution in [3.05, 3.63) is 57.8 Å². The predicted octanol–water partition coefficient (Wildman–Crippen LogP) is 4.22. The number of Topliss-reactive ketones (excluding diaryl/α,β-unsaturated/α-hetero) is 1. The van der Waals surface area contributed by atoms with Crippen molar-refractivity contribution in [1.29, 1.82) is 0 Å². The molecule has 0 aromatic heterocycles. The number of nitrogens with zero attached hydrogens (tertiary/aromatic N) is 2. The zero-order valence-corrected chi connectivity index (χ0v) is 18.3. The maximum absolute atomic E-state index is 14.4. The monoisotopic (exact) mass is 462 g/mol. The van der Waals surface area contributed by atoms with Crippen LogP contribution in [-0.2, 0) is 4.79 Å². The van der Waals surface area contributed by atoms with Gasteiger partial charge in [0, 0.05) is 31.7 Å². The Bertz CT molecular complexity index is 926. The molecule has 1 aliphatic rings. The Morgan fingerprint density at radius 1 is 1.10 bits per heavy atom. The van der Waals surface area contributed by atoms with Crippen molar-refractivity contribution < 1.29 is 18.7 Å². The summed E-state index contributed by atoms with van der Waals surface area (Å²) < 4.78 is 21.0. The number of piperazine rings is 1. The van der Waals surface area contributed by atoms with Gasteiger partial charge in [-0.25, -0.2) is 4.39 Å². The van der Waals surface area contributed by atoms with E-state index in [0.29, 0.717) is 43.2 Å². The summed E-state index contributed by atoms with van der Waals surface area (Å²) >= 11 is 3.46. The third-order valence-corrected chi connectivity index (χ3v) is 5.64. The summed E-state index contributed by atoms with van der Waals surface area (Å²) in [4.78, 5) is 27.8. The summed E-state index contributed by atoms with van der Waals surface area (Å²) in [5.41, 5.74) is 1.91. The topological polar surface area (TPSA) is 49.9 Å². The van der Waals surface area contributed by atoms with Crippen molar-refractivity contribution in [3.63, 3.8) is 0 Å². The number of anilines is 1. The molecule has 1 saturated heterocycles. The van der Waals surface area contributed by atoms with Crippen LogP contribution in [0.25, 0.3) is 0 Å². The van der Waals surface area contributed by atoms with E-state index in [1.807, 2.05) is 30.0 Å². The molecule has 1 heterocycles. The Kier molecular flexibility index (Phi) is 6.57. The van der Waals surface area contributed by atoms with Gasteiger partial charge in [-0.3, -0.25) is 9.59 Å². The number of hydrogen-bond acceptors (Lipinski definition) is 4. The molecule has 2 aromatic carbocycles. The number of ketones is 1. The van der Waals surface area contributed by atoms with Gasteiger partial charge in [0.15, 0.2) is 11.9 Å². The summed E-state index contributed by atoms with van der Waals surface area (Å²) in [5, 5.41) is 0. The van der Waals surface area contributed by atoms with E-state index < -0.39 is 11.9 Å². The number of carbonyl (C=O) groups is 2. The third-order valence-electron chi connectivity index (χ3n) is 5.03. The number of ether oxygens (including phenoxy) is 1. The normalized spacial score (nSPS) is 15.2. The highest BCUT2D eigenvalue weighted by atomic mass is 79.9. The lowest BCUT2D eigenvalue weighted by atomic mass is 10.1. The Balaban J connectivity index is 1.60. The zero-order valence-electron chi connectivity index (χ0n) is 16.7. The predicted molar refractivity (Wildman–Crippen MR) is 114 cm³/mol. The number of halogens is 2. The lowest BCUT2D eigenvalue weighted by molar-refractivity contribution is -0.138. The molecular weight excluding hydrogens is 439 g/mol. The van der Waals surface area contributed by atoms with Crippen LogP contribution in [0.15, 0.2) is 40.9 Å². The lowest BCUT2D eigenvalue weighted by Gasteiger charge is -2.37. The summed E-state index contributed by atoms with van der Waals surface area (Å²) in [5.74, 6) is -0.0503. The van der Waals surface area contributed by atoms with E-state index in [1.165, 1.54) is 13.0 Å². The van der Waals surface area contributed by atoms with Crippen LogP contribution >= 0.6 is 15.9 Å². The van der Waals surface area contributed by atoms with E-state index in [-0.39, 0.29) is 11.7 Å². The van der Waals surface area contributed by atoms with Gasteiger partial charge in [0.2, 0.25) is 0 Å². The molecule has 0 bridgehead atoms. The average Bonchev–Trinajstić information content (AvgIpc) is 2.69. The maximum atomic E-state index is 14.4. The summed E-state index contributed by atoms with van der Waals surface area (Å²) in [6, 6.07) is 10.2. The molecular formula is C22H24BrFN2O3.